The number of hydrogen-bond acceptors (Lipinski definition) is 3. The molecule has 5 heteroatoms. The third-order valence-corrected chi connectivity index (χ3v) is 6.69. The van der Waals surface area contributed by atoms with E-state index in [-0.39, 0.29) is 5.91 Å². The van der Waals surface area contributed by atoms with Crippen molar-refractivity contribution in [3.63, 3.8) is 0 Å². The Morgan fingerprint density at radius 3 is 2.54 bits per heavy atom. The van der Waals surface area contributed by atoms with Crippen LogP contribution < -0.4 is 0 Å². The number of piperidine rings is 1. The third kappa shape index (κ3) is 3.07. The van der Waals surface area contributed by atoms with Gasteiger partial charge in [0.15, 0.2) is 0 Å². The van der Waals surface area contributed by atoms with E-state index in [1.54, 1.807) is 11.3 Å². The van der Waals surface area contributed by atoms with Gasteiger partial charge in [-0.15, -0.1) is 11.3 Å². The number of amides is 1. The largest absolute Gasteiger partial charge is 0.339 e. The number of nitrogens with zero attached hydrogens (tertiary/aromatic N) is 2. The molecule has 4 rings (SSSR count). The highest BCUT2D eigenvalue weighted by molar-refractivity contribution is 14.1. The molecule has 0 bridgehead atoms. The average Bonchev–Trinajstić information content (AvgIpc) is 3.06. The summed E-state index contributed by atoms with van der Waals surface area (Å²) in [7, 11) is 0. The number of likely N-dealkylation sites (tertiary alicyclic amines) is 1. The van der Waals surface area contributed by atoms with Gasteiger partial charge in [-0.2, -0.15) is 0 Å². The number of para-hydroxylation sites is 1. The van der Waals surface area contributed by atoms with Crippen molar-refractivity contribution in [2.24, 2.45) is 0 Å². The summed E-state index contributed by atoms with van der Waals surface area (Å²) < 4.78 is 2.28. The zero-order valence-electron chi connectivity index (χ0n) is 13.1. The molecule has 0 N–H and O–H groups in total. The summed E-state index contributed by atoms with van der Waals surface area (Å²) in [5, 5.41) is 1.22. The summed E-state index contributed by atoms with van der Waals surface area (Å²) in [6.45, 7) is 1.62. The van der Waals surface area contributed by atoms with Gasteiger partial charge in [-0.05, 0) is 59.7 Å². The van der Waals surface area contributed by atoms with E-state index in [2.05, 4.69) is 40.8 Å². The lowest BCUT2D eigenvalue weighted by atomic mass is 9.97. The summed E-state index contributed by atoms with van der Waals surface area (Å²) >= 11 is 4.03. The highest BCUT2D eigenvalue weighted by Gasteiger charge is 2.27. The van der Waals surface area contributed by atoms with Gasteiger partial charge in [0.05, 0.1) is 20.8 Å². The van der Waals surface area contributed by atoms with Crippen molar-refractivity contribution in [1.82, 2.24) is 9.88 Å². The molecule has 3 nitrogen and oxygen atoms in total. The lowest BCUT2D eigenvalue weighted by molar-refractivity contribution is 0.0712. The van der Waals surface area contributed by atoms with E-state index in [4.69, 9.17) is 4.98 Å². The van der Waals surface area contributed by atoms with Crippen LogP contribution in [0.15, 0.2) is 48.5 Å². The first kappa shape index (κ1) is 16.0. The molecule has 2 aromatic carbocycles. The van der Waals surface area contributed by atoms with E-state index < -0.39 is 0 Å². The quantitative estimate of drug-likeness (QED) is 0.522. The van der Waals surface area contributed by atoms with Crippen LogP contribution in [0.4, 0.5) is 0 Å². The molecule has 0 spiro atoms. The standard InChI is InChI=1S/C19H17IN2OS/c20-15-6-2-1-5-14(15)19(23)22-11-9-13(10-12-22)18-21-16-7-3-4-8-17(16)24-18/h1-8,13H,9-12H2. The topological polar surface area (TPSA) is 33.2 Å². The number of benzene rings is 2. The summed E-state index contributed by atoms with van der Waals surface area (Å²) in [6.07, 6.45) is 1.99. The van der Waals surface area contributed by atoms with Crippen LogP contribution in [0.25, 0.3) is 10.2 Å². The fraction of sp³-hybridized carbons (Fsp3) is 0.263. The SMILES string of the molecule is O=C(c1ccccc1I)N1CCC(c2nc3ccccc3s2)CC1. The zero-order valence-corrected chi connectivity index (χ0v) is 16.1. The highest BCUT2D eigenvalue weighted by atomic mass is 127. The average molecular weight is 448 g/mol. The molecule has 1 aromatic heterocycles. The van der Waals surface area contributed by atoms with Gasteiger partial charge in [-0.3, -0.25) is 4.79 Å². The molecule has 1 amide bonds. The highest BCUT2D eigenvalue weighted by Crippen LogP contribution is 2.34. The molecule has 2 heterocycles. The van der Waals surface area contributed by atoms with Crippen LogP contribution in [0.3, 0.4) is 0 Å². The van der Waals surface area contributed by atoms with Crippen molar-refractivity contribution in [1.29, 1.82) is 0 Å². The first-order chi connectivity index (χ1) is 11.7. The molecule has 0 atom stereocenters. The van der Waals surface area contributed by atoms with Gasteiger partial charge in [0.1, 0.15) is 0 Å². The number of aromatic nitrogens is 1. The number of carbonyl (C=O) groups is 1. The molecule has 0 aliphatic carbocycles. The number of carbonyl (C=O) groups excluding carboxylic acids is 1. The smallest absolute Gasteiger partial charge is 0.254 e. The molecule has 0 unspecified atom stereocenters. The van der Waals surface area contributed by atoms with E-state index in [0.29, 0.717) is 5.92 Å². The van der Waals surface area contributed by atoms with Crippen LogP contribution in [-0.4, -0.2) is 28.9 Å². The summed E-state index contributed by atoms with van der Waals surface area (Å²) in [5.74, 6) is 0.629. The molecule has 0 radical (unpaired) electrons. The number of halogens is 1. The Labute approximate surface area is 158 Å². The Balaban J connectivity index is 1.47. The summed E-state index contributed by atoms with van der Waals surface area (Å²) in [4.78, 5) is 19.5. The van der Waals surface area contributed by atoms with Crippen LogP contribution in [0.5, 0.6) is 0 Å². The van der Waals surface area contributed by atoms with E-state index in [9.17, 15) is 4.79 Å². The molecule has 1 aliphatic rings. The number of fused-ring (bicyclic) bond motifs is 1. The fourth-order valence-corrected chi connectivity index (χ4v) is 4.95. The Morgan fingerprint density at radius 2 is 1.79 bits per heavy atom. The van der Waals surface area contributed by atoms with Gasteiger partial charge in [-0.1, -0.05) is 24.3 Å². The number of rotatable bonds is 2. The maximum atomic E-state index is 12.7. The van der Waals surface area contributed by atoms with Gasteiger partial charge in [0.25, 0.3) is 5.91 Å². The van der Waals surface area contributed by atoms with Crippen LogP contribution in [0.2, 0.25) is 0 Å². The van der Waals surface area contributed by atoms with Gasteiger partial charge < -0.3 is 4.90 Å². The van der Waals surface area contributed by atoms with Crippen LogP contribution >= 0.6 is 33.9 Å². The molecular weight excluding hydrogens is 431 g/mol. The lowest BCUT2D eigenvalue weighted by Gasteiger charge is -2.31. The summed E-state index contributed by atoms with van der Waals surface area (Å²) in [6, 6.07) is 16.1. The minimum Gasteiger partial charge on any atom is -0.339 e. The van der Waals surface area contributed by atoms with Gasteiger partial charge in [0.2, 0.25) is 0 Å². The van der Waals surface area contributed by atoms with E-state index in [0.717, 1.165) is 40.6 Å². The molecule has 1 fully saturated rings. The Hall–Kier alpha value is -1.47. The maximum absolute atomic E-state index is 12.7. The maximum Gasteiger partial charge on any atom is 0.254 e. The molecule has 24 heavy (non-hydrogen) atoms. The van der Waals surface area contributed by atoms with Crippen LogP contribution in [0, 0.1) is 3.57 Å². The predicted octanol–water partition coefficient (Wildman–Crippen LogP) is 4.92. The predicted molar refractivity (Wildman–Crippen MR) is 107 cm³/mol. The number of thiazole rings is 1. The molecule has 1 saturated heterocycles. The zero-order chi connectivity index (χ0) is 16.5. The van der Waals surface area contributed by atoms with Gasteiger partial charge in [0, 0.05) is 22.6 Å². The van der Waals surface area contributed by atoms with Crippen molar-refractivity contribution in [2.75, 3.05) is 13.1 Å². The van der Waals surface area contributed by atoms with Crippen LogP contribution in [-0.2, 0) is 0 Å². The first-order valence-electron chi connectivity index (χ1n) is 8.11. The summed E-state index contributed by atoms with van der Waals surface area (Å²) in [5.41, 5.74) is 1.91. The molecule has 0 saturated carbocycles. The van der Waals surface area contributed by atoms with E-state index in [1.807, 2.05) is 35.2 Å². The Kier molecular flexibility index (Phi) is 4.54. The Bertz CT molecular complexity index is 851. The number of hydrogen-bond donors (Lipinski definition) is 0. The fourth-order valence-electron chi connectivity index (χ4n) is 3.20. The molecule has 122 valence electrons. The molecule has 1 aliphatic heterocycles. The van der Waals surface area contributed by atoms with Crippen molar-refractivity contribution >= 4 is 50.1 Å². The van der Waals surface area contributed by atoms with Crippen molar-refractivity contribution in [3.8, 4) is 0 Å². The second-order valence-corrected chi connectivity index (χ2v) is 8.29. The minimum absolute atomic E-state index is 0.155. The van der Waals surface area contributed by atoms with Gasteiger partial charge >= 0.3 is 0 Å². The van der Waals surface area contributed by atoms with E-state index in [1.165, 1.54) is 9.71 Å². The Morgan fingerprint density at radius 1 is 1.08 bits per heavy atom. The third-order valence-electron chi connectivity index (χ3n) is 4.55. The van der Waals surface area contributed by atoms with Crippen LogP contribution in [0.1, 0.15) is 34.1 Å². The minimum atomic E-state index is 0.155. The molecular formula is C19H17IN2OS. The second kappa shape index (κ2) is 6.80. The van der Waals surface area contributed by atoms with Gasteiger partial charge in [-0.25, -0.2) is 4.98 Å². The van der Waals surface area contributed by atoms with Crippen molar-refractivity contribution in [3.05, 3.63) is 62.7 Å². The van der Waals surface area contributed by atoms with Crippen molar-refractivity contribution < 1.29 is 4.79 Å². The second-order valence-electron chi connectivity index (χ2n) is 6.07. The molecule has 3 aromatic rings. The first-order valence-corrected chi connectivity index (χ1v) is 10.0. The monoisotopic (exact) mass is 448 g/mol. The lowest BCUT2D eigenvalue weighted by Crippen LogP contribution is -2.38. The normalized spacial score (nSPS) is 15.8. The van der Waals surface area contributed by atoms with E-state index >= 15 is 0 Å². The van der Waals surface area contributed by atoms with Crippen molar-refractivity contribution in [2.45, 2.75) is 18.8 Å².